The zero-order valence-electron chi connectivity index (χ0n) is 25.3. The van der Waals surface area contributed by atoms with E-state index in [4.69, 9.17) is 4.74 Å². The summed E-state index contributed by atoms with van der Waals surface area (Å²) in [6, 6.07) is 19.1. The summed E-state index contributed by atoms with van der Waals surface area (Å²) < 4.78 is 46.8. The first-order valence-electron chi connectivity index (χ1n) is 15.5. The van der Waals surface area contributed by atoms with Crippen LogP contribution < -0.4 is 19.8 Å². The number of ether oxygens (including phenoxy) is 1. The van der Waals surface area contributed by atoms with Crippen molar-refractivity contribution in [3.05, 3.63) is 104 Å². The second kappa shape index (κ2) is 11.4. The summed E-state index contributed by atoms with van der Waals surface area (Å²) in [4.78, 5) is 58.0. The van der Waals surface area contributed by atoms with Crippen LogP contribution in [0.5, 0.6) is 5.75 Å². The van der Waals surface area contributed by atoms with Crippen LogP contribution in [0.2, 0.25) is 0 Å². The molecule has 4 aliphatic rings. The number of thiazole rings is 1. The van der Waals surface area contributed by atoms with Crippen LogP contribution in [-0.4, -0.2) is 34.6 Å². The molecule has 48 heavy (non-hydrogen) atoms. The number of hydrogen-bond acceptors (Lipinski definition) is 7. The van der Waals surface area contributed by atoms with Crippen molar-refractivity contribution in [2.45, 2.75) is 35.7 Å². The maximum Gasteiger partial charge on any atom is 0.416 e. The Labute approximate surface area is 280 Å². The Morgan fingerprint density at radius 2 is 1.71 bits per heavy atom. The van der Waals surface area contributed by atoms with Crippen molar-refractivity contribution in [1.29, 1.82) is 0 Å². The molecule has 3 heterocycles. The van der Waals surface area contributed by atoms with Gasteiger partial charge in [-0.1, -0.05) is 53.8 Å². The van der Waals surface area contributed by atoms with Crippen LogP contribution in [0, 0.1) is 36.5 Å². The minimum absolute atomic E-state index is 0.0769. The van der Waals surface area contributed by atoms with Crippen LogP contribution >= 0.6 is 23.1 Å². The summed E-state index contributed by atoms with van der Waals surface area (Å²) >= 11 is 2.61. The van der Waals surface area contributed by atoms with Crippen molar-refractivity contribution in [3.8, 4) is 5.75 Å². The summed E-state index contributed by atoms with van der Waals surface area (Å²) in [5, 5.41) is 3.45. The van der Waals surface area contributed by atoms with Gasteiger partial charge < -0.3 is 15.0 Å². The Balaban J connectivity index is 1.12. The summed E-state index contributed by atoms with van der Waals surface area (Å²) in [7, 11) is 0. The number of amides is 3. The fourth-order valence-corrected chi connectivity index (χ4v) is 11.2. The van der Waals surface area contributed by atoms with E-state index in [-0.39, 0.29) is 52.0 Å². The Kier molecular flexibility index (Phi) is 7.33. The van der Waals surface area contributed by atoms with E-state index in [1.807, 2.05) is 43.3 Å². The molecule has 7 atom stereocenters. The molecule has 8 nitrogen and oxygen atoms in total. The fourth-order valence-electron chi connectivity index (χ4n) is 8.35. The molecule has 4 aromatic rings. The number of carbonyl (C=O) groups excluding carboxylic acids is 3. The number of alkyl halides is 3. The molecular formula is C35H28F3N3O5S2. The third-order valence-corrected chi connectivity index (χ3v) is 12.8. The highest BCUT2D eigenvalue weighted by molar-refractivity contribution is 8.00. The number of nitrogens with one attached hydrogen (secondary N) is 2. The van der Waals surface area contributed by atoms with E-state index >= 15 is 0 Å². The Hall–Kier alpha value is -4.36. The number of fused-ring (bicyclic) bond motifs is 9. The van der Waals surface area contributed by atoms with Crippen LogP contribution in [-0.2, 0) is 20.6 Å². The smallest absolute Gasteiger partial charge is 0.416 e. The number of benzene rings is 3. The van der Waals surface area contributed by atoms with Gasteiger partial charge in [0.15, 0.2) is 6.61 Å². The molecule has 2 saturated carbocycles. The first-order chi connectivity index (χ1) is 23.0. The molecule has 6 unspecified atom stereocenters. The SMILES string of the molecule is Cc1ccccc1NC(=O)COc1ccccc1[C@H]1c2sc(=O)[nH]c2SC2C3CC(C4C(=O)N(c5cccc(C(F)(F)F)c5)C(=O)C34)C21. The maximum absolute atomic E-state index is 14.0. The molecule has 3 amide bonds. The van der Waals surface area contributed by atoms with E-state index in [2.05, 4.69) is 10.3 Å². The number of para-hydroxylation sites is 2. The second-order valence-electron chi connectivity index (χ2n) is 12.7. The minimum atomic E-state index is -4.62. The largest absolute Gasteiger partial charge is 0.483 e. The van der Waals surface area contributed by atoms with Crippen LogP contribution in [0.15, 0.2) is 82.6 Å². The molecule has 2 bridgehead atoms. The van der Waals surface area contributed by atoms with E-state index in [1.54, 1.807) is 12.1 Å². The molecule has 2 N–H and O–H groups in total. The topological polar surface area (TPSA) is 109 Å². The molecule has 13 heteroatoms. The van der Waals surface area contributed by atoms with Gasteiger partial charge in [-0.3, -0.25) is 24.1 Å². The van der Waals surface area contributed by atoms with Crippen LogP contribution in [0.3, 0.4) is 0 Å². The number of rotatable bonds is 6. The number of thioether (sulfide) groups is 1. The lowest BCUT2D eigenvalue weighted by molar-refractivity contribution is -0.137. The van der Waals surface area contributed by atoms with Gasteiger partial charge in [-0.2, -0.15) is 13.2 Å². The van der Waals surface area contributed by atoms with E-state index < -0.39 is 35.4 Å². The number of hydrogen-bond donors (Lipinski definition) is 2. The van der Waals surface area contributed by atoms with Gasteiger partial charge in [-0.05, 0) is 67.0 Å². The van der Waals surface area contributed by atoms with Crippen molar-refractivity contribution in [1.82, 2.24) is 4.98 Å². The summed E-state index contributed by atoms with van der Waals surface area (Å²) in [5.74, 6) is -3.16. The normalized spacial score (nSPS) is 27.1. The first-order valence-corrected chi connectivity index (χ1v) is 17.2. The molecule has 246 valence electrons. The summed E-state index contributed by atoms with van der Waals surface area (Å²) in [6.45, 7) is 1.64. The molecule has 3 aromatic carbocycles. The average molecular weight is 692 g/mol. The summed E-state index contributed by atoms with van der Waals surface area (Å²) in [5.41, 5.74) is 1.35. The third-order valence-electron chi connectivity index (χ3n) is 10.2. The molecule has 3 fully saturated rings. The Morgan fingerprint density at radius 3 is 2.48 bits per heavy atom. The Morgan fingerprint density at radius 1 is 0.979 bits per heavy atom. The van der Waals surface area contributed by atoms with Crippen LogP contribution in [0.25, 0.3) is 0 Å². The highest BCUT2D eigenvalue weighted by Crippen LogP contribution is 2.69. The predicted octanol–water partition coefficient (Wildman–Crippen LogP) is 6.46. The zero-order valence-corrected chi connectivity index (χ0v) is 27.0. The van der Waals surface area contributed by atoms with E-state index in [9.17, 15) is 32.3 Å². The molecule has 2 aliphatic heterocycles. The molecule has 0 radical (unpaired) electrons. The lowest BCUT2D eigenvalue weighted by Crippen LogP contribution is -2.42. The zero-order chi connectivity index (χ0) is 33.5. The monoisotopic (exact) mass is 691 g/mol. The van der Waals surface area contributed by atoms with E-state index in [1.165, 1.54) is 23.9 Å². The number of halogens is 3. The minimum Gasteiger partial charge on any atom is -0.483 e. The quantitative estimate of drug-likeness (QED) is 0.225. The molecule has 8 rings (SSSR count). The molecular weight excluding hydrogens is 664 g/mol. The molecule has 2 aliphatic carbocycles. The van der Waals surface area contributed by atoms with Gasteiger partial charge in [0.2, 0.25) is 11.8 Å². The standard InChI is InChI=1S/C35H28F3N3O5S2/c1-16-7-2-4-11-22(16)39-24(42)15-46-23-12-5-3-10-19(23)25-26-20-14-21(29(26)47-31-30(25)48-34(45)40-31)28-27(20)32(43)41(33(28)44)18-9-6-8-17(13-18)35(36,37)38/h2-13,20-21,25-29H,14-15H2,1H3,(H,39,42)(H,40,45)/t20?,21?,25-,26?,27?,28?,29?/m1/s1. The van der Waals surface area contributed by atoms with Crippen molar-refractivity contribution in [2.75, 3.05) is 16.8 Å². The number of aryl methyl sites for hydroxylation is 1. The van der Waals surface area contributed by atoms with Gasteiger partial charge >= 0.3 is 11.0 Å². The van der Waals surface area contributed by atoms with Crippen LogP contribution in [0.4, 0.5) is 24.5 Å². The fraction of sp³-hybridized carbons (Fsp3) is 0.314. The first kappa shape index (κ1) is 30.9. The molecule has 1 aromatic heterocycles. The average Bonchev–Trinajstić information content (AvgIpc) is 3.79. The highest BCUT2D eigenvalue weighted by atomic mass is 32.2. The number of carbonyl (C=O) groups is 3. The lowest BCUT2D eigenvalue weighted by Gasteiger charge is -2.43. The van der Waals surface area contributed by atoms with E-state index in [0.29, 0.717) is 22.9 Å². The summed E-state index contributed by atoms with van der Waals surface area (Å²) in [6.07, 6.45) is -4.01. The van der Waals surface area contributed by atoms with Crippen molar-refractivity contribution >= 4 is 52.2 Å². The number of imide groups is 1. The Bertz CT molecular complexity index is 2040. The lowest BCUT2D eigenvalue weighted by atomic mass is 9.68. The van der Waals surface area contributed by atoms with Gasteiger partial charge in [0.1, 0.15) is 5.75 Å². The number of aromatic amines is 1. The third kappa shape index (κ3) is 4.89. The van der Waals surface area contributed by atoms with Crippen LogP contribution in [0.1, 0.15) is 33.9 Å². The van der Waals surface area contributed by atoms with Gasteiger partial charge in [0, 0.05) is 27.3 Å². The van der Waals surface area contributed by atoms with Gasteiger partial charge in [-0.15, -0.1) is 11.8 Å². The van der Waals surface area contributed by atoms with Crippen molar-refractivity contribution in [2.24, 2.45) is 29.6 Å². The van der Waals surface area contributed by atoms with Crippen molar-refractivity contribution < 1.29 is 32.3 Å². The predicted molar refractivity (Wildman–Crippen MR) is 174 cm³/mol. The molecule has 0 spiro atoms. The number of nitrogens with zero attached hydrogens (tertiary/aromatic N) is 1. The van der Waals surface area contributed by atoms with Crippen molar-refractivity contribution in [3.63, 3.8) is 0 Å². The number of H-pyrrole nitrogens is 1. The number of aromatic nitrogens is 1. The number of anilines is 2. The van der Waals surface area contributed by atoms with E-state index in [0.717, 1.165) is 44.4 Å². The van der Waals surface area contributed by atoms with Gasteiger partial charge in [0.25, 0.3) is 5.91 Å². The highest BCUT2D eigenvalue weighted by Gasteiger charge is 2.70. The maximum atomic E-state index is 14.0. The van der Waals surface area contributed by atoms with Gasteiger partial charge in [0.05, 0.1) is 28.1 Å². The second-order valence-corrected chi connectivity index (χ2v) is 14.9. The molecule has 1 saturated heterocycles. The van der Waals surface area contributed by atoms with Gasteiger partial charge in [-0.25, -0.2) is 0 Å².